The van der Waals surface area contributed by atoms with Crippen molar-refractivity contribution in [2.75, 3.05) is 26.7 Å². The second-order valence-corrected chi connectivity index (χ2v) is 4.32. The number of nitrogens with two attached hydrogens (primary N) is 1. The van der Waals surface area contributed by atoms with Crippen molar-refractivity contribution < 1.29 is 13.6 Å². The number of halogens is 2. The van der Waals surface area contributed by atoms with Crippen LogP contribution in [-0.2, 0) is 0 Å². The monoisotopic (exact) mass is 255 g/mol. The third-order valence-electron chi connectivity index (χ3n) is 3.16. The van der Waals surface area contributed by atoms with Crippen molar-refractivity contribution in [2.45, 2.75) is 6.04 Å². The first-order chi connectivity index (χ1) is 8.54. The number of urea groups is 1. The number of hydrogen-bond donors (Lipinski definition) is 1. The van der Waals surface area contributed by atoms with Gasteiger partial charge in [-0.25, -0.2) is 13.6 Å². The van der Waals surface area contributed by atoms with Gasteiger partial charge in [-0.3, -0.25) is 0 Å². The molecule has 1 aromatic carbocycles. The van der Waals surface area contributed by atoms with Crippen molar-refractivity contribution in [1.29, 1.82) is 0 Å². The van der Waals surface area contributed by atoms with Crippen LogP contribution in [0.15, 0.2) is 18.2 Å². The molecule has 1 fully saturated rings. The maximum Gasteiger partial charge on any atom is 0.320 e. The Balaban J connectivity index is 2.23. The van der Waals surface area contributed by atoms with Crippen LogP contribution in [0.1, 0.15) is 11.6 Å². The van der Waals surface area contributed by atoms with Crippen molar-refractivity contribution in [3.8, 4) is 0 Å². The highest BCUT2D eigenvalue weighted by atomic mass is 19.2. The van der Waals surface area contributed by atoms with Crippen molar-refractivity contribution in [1.82, 2.24) is 9.80 Å². The average molecular weight is 255 g/mol. The molecule has 2 N–H and O–H groups in total. The first-order valence-corrected chi connectivity index (χ1v) is 5.71. The number of amides is 2. The summed E-state index contributed by atoms with van der Waals surface area (Å²) in [5.41, 5.74) is 6.01. The van der Waals surface area contributed by atoms with Gasteiger partial charge in [0, 0.05) is 26.7 Å². The molecular formula is C12H15F2N3O. The van der Waals surface area contributed by atoms with Crippen molar-refractivity contribution in [2.24, 2.45) is 5.73 Å². The normalized spacial score (nSPS) is 19.8. The first kappa shape index (κ1) is 12.8. The van der Waals surface area contributed by atoms with E-state index in [9.17, 15) is 13.6 Å². The smallest absolute Gasteiger partial charge is 0.320 e. The Labute approximate surface area is 104 Å². The molecule has 2 rings (SSSR count). The number of nitrogens with zero attached hydrogens (tertiary/aromatic N) is 2. The molecule has 1 aliphatic heterocycles. The first-order valence-electron chi connectivity index (χ1n) is 5.71. The third-order valence-corrected chi connectivity index (χ3v) is 3.16. The van der Waals surface area contributed by atoms with Gasteiger partial charge in [0.05, 0.1) is 6.04 Å². The van der Waals surface area contributed by atoms with Gasteiger partial charge in [-0.05, 0) is 17.7 Å². The number of likely N-dealkylation sites (N-methyl/N-ethyl adjacent to an activating group) is 1. The molecule has 0 aromatic heterocycles. The van der Waals surface area contributed by atoms with E-state index in [1.807, 2.05) is 0 Å². The number of carbonyl (C=O) groups is 1. The fourth-order valence-electron chi connectivity index (χ4n) is 2.16. The van der Waals surface area contributed by atoms with Crippen LogP contribution in [-0.4, -0.2) is 42.5 Å². The Bertz CT molecular complexity index is 467. The predicted molar refractivity (Wildman–Crippen MR) is 62.9 cm³/mol. The van der Waals surface area contributed by atoms with E-state index in [0.29, 0.717) is 25.2 Å². The molecule has 4 nitrogen and oxygen atoms in total. The second kappa shape index (κ2) is 4.89. The lowest BCUT2D eigenvalue weighted by molar-refractivity contribution is 0.196. The molecule has 0 radical (unpaired) electrons. The molecular weight excluding hydrogens is 240 g/mol. The fourth-order valence-corrected chi connectivity index (χ4v) is 2.16. The fraction of sp³-hybridized carbons (Fsp3) is 0.417. The minimum absolute atomic E-state index is 0.143. The molecule has 0 spiro atoms. The average Bonchev–Trinajstić information content (AvgIpc) is 2.62. The summed E-state index contributed by atoms with van der Waals surface area (Å²) in [6, 6.07) is 3.30. The topological polar surface area (TPSA) is 49.6 Å². The van der Waals surface area contributed by atoms with Gasteiger partial charge in [0.1, 0.15) is 0 Å². The molecule has 0 aliphatic carbocycles. The maximum atomic E-state index is 13.2. The Morgan fingerprint density at radius 3 is 2.72 bits per heavy atom. The molecule has 18 heavy (non-hydrogen) atoms. The van der Waals surface area contributed by atoms with Crippen LogP contribution in [0.3, 0.4) is 0 Å². The van der Waals surface area contributed by atoms with Gasteiger partial charge < -0.3 is 15.5 Å². The molecule has 1 aromatic rings. The molecule has 1 aliphatic rings. The van der Waals surface area contributed by atoms with Gasteiger partial charge in [-0.1, -0.05) is 6.07 Å². The SMILES string of the molecule is CN1C(=O)N(CCN)CC1c1ccc(F)c(F)c1. The molecule has 6 heteroatoms. The summed E-state index contributed by atoms with van der Waals surface area (Å²) < 4.78 is 26.1. The highest BCUT2D eigenvalue weighted by Crippen LogP contribution is 2.28. The van der Waals surface area contributed by atoms with E-state index in [4.69, 9.17) is 5.73 Å². The summed E-state index contributed by atoms with van der Waals surface area (Å²) in [4.78, 5) is 15.0. The summed E-state index contributed by atoms with van der Waals surface area (Å²) in [6.45, 7) is 1.28. The van der Waals surface area contributed by atoms with Gasteiger partial charge in [0.2, 0.25) is 0 Å². The number of carbonyl (C=O) groups excluding carboxylic acids is 1. The largest absolute Gasteiger partial charge is 0.329 e. The third kappa shape index (κ3) is 2.15. The van der Waals surface area contributed by atoms with Gasteiger partial charge in [0.15, 0.2) is 11.6 Å². The lowest BCUT2D eigenvalue weighted by atomic mass is 10.1. The summed E-state index contributed by atoms with van der Waals surface area (Å²) >= 11 is 0. The number of benzene rings is 1. The van der Waals surface area contributed by atoms with Gasteiger partial charge in [-0.15, -0.1) is 0 Å². The van der Waals surface area contributed by atoms with Crippen molar-refractivity contribution in [3.05, 3.63) is 35.4 Å². The van der Waals surface area contributed by atoms with Crippen LogP contribution in [0.2, 0.25) is 0 Å². The highest BCUT2D eigenvalue weighted by Gasteiger charge is 2.35. The standard InChI is InChI=1S/C12H15F2N3O/c1-16-11(7-17(5-4-15)12(16)18)8-2-3-9(13)10(14)6-8/h2-3,6,11H,4-5,7,15H2,1H3. The Morgan fingerprint density at radius 1 is 1.39 bits per heavy atom. The van der Waals surface area contributed by atoms with E-state index in [2.05, 4.69) is 0 Å². The summed E-state index contributed by atoms with van der Waals surface area (Å²) in [5, 5.41) is 0. The van der Waals surface area contributed by atoms with Crippen LogP contribution >= 0.6 is 0 Å². The molecule has 0 saturated carbocycles. The van der Waals surface area contributed by atoms with E-state index in [-0.39, 0.29) is 12.1 Å². The van der Waals surface area contributed by atoms with Crippen molar-refractivity contribution in [3.63, 3.8) is 0 Å². The van der Waals surface area contributed by atoms with E-state index in [1.54, 1.807) is 11.9 Å². The molecule has 0 bridgehead atoms. The van der Waals surface area contributed by atoms with Crippen LogP contribution in [0.5, 0.6) is 0 Å². The zero-order chi connectivity index (χ0) is 13.3. The number of rotatable bonds is 3. The van der Waals surface area contributed by atoms with E-state index < -0.39 is 11.6 Å². The Kier molecular flexibility index (Phi) is 3.47. The highest BCUT2D eigenvalue weighted by molar-refractivity contribution is 5.77. The molecule has 98 valence electrons. The minimum Gasteiger partial charge on any atom is -0.329 e. The zero-order valence-electron chi connectivity index (χ0n) is 10.1. The van der Waals surface area contributed by atoms with Gasteiger partial charge in [0.25, 0.3) is 0 Å². The van der Waals surface area contributed by atoms with Crippen LogP contribution in [0.25, 0.3) is 0 Å². The summed E-state index contributed by atoms with van der Waals surface area (Å²) in [5.74, 6) is -1.78. The Morgan fingerprint density at radius 2 is 2.11 bits per heavy atom. The molecule has 1 unspecified atom stereocenters. The van der Waals surface area contributed by atoms with Gasteiger partial charge >= 0.3 is 6.03 Å². The van der Waals surface area contributed by atoms with Crippen LogP contribution in [0, 0.1) is 11.6 Å². The summed E-state index contributed by atoms with van der Waals surface area (Å²) in [6.07, 6.45) is 0. The van der Waals surface area contributed by atoms with E-state index in [0.717, 1.165) is 12.1 Å². The lowest BCUT2D eigenvalue weighted by Crippen LogP contribution is -2.33. The van der Waals surface area contributed by atoms with Crippen molar-refractivity contribution >= 4 is 6.03 Å². The Hall–Kier alpha value is -1.69. The lowest BCUT2D eigenvalue weighted by Gasteiger charge is -2.18. The minimum atomic E-state index is -0.898. The molecule has 1 atom stereocenters. The zero-order valence-corrected chi connectivity index (χ0v) is 10.1. The van der Waals surface area contributed by atoms with Crippen LogP contribution < -0.4 is 5.73 Å². The summed E-state index contributed by atoms with van der Waals surface area (Å²) in [7, 11) is 1.64. The molecule has 1 heterocycles. The van der Waals surface area contributed by atoms with E-state index in [1.165, 1.54) is 11.0 Å². The quantitative estimate of drug-likeness (QED) is 0.886. The number of hydrogen-bond acceptors (Lipinski definition) is 2. The predicted octanol–water partition coefficient (Wildman–Crippen LogP) is 1.33. The van der Waals surface area contributed by atoms with E-state index >= 15 is 0 Å². The van der Waals surface area contributed by atoms with Crippen LogP contribution in [0.4, 0.5) is 13.6 Å². The van der Waals surface area contributed by atoms with Gasteiger partial charge in [-0.2, -0.15) is 0 Å². The second-order valence-electron chi connectivity index (χ2n) is 4.32. The molecule has 1 saturated heterocycles. The molecule has 2 amide bonds. The maximum absolute atomic E-state index is 13.2.